The zero-order valence-corrected chi connectivity index (χ0v) is 27.5. The fraction of sp³-hybridized carbons (Fsp3) is 0. The van der Waals surface area contributed by atoms with Gasteiger partial charge in [-0.3, -0.25) is 4.57 Å². The molecule has 0 radical (unpaired) electrons. The second-order valence-electron chi connectivity index (χ2n) is 12.7. The Morgan fingerprint density at radius 1 is 0.431 bits per heavy atom. The van der Waals surface area contributed by atoms with Crippen LogP contribution < -0.4 is 4.90 Å². The standard InChI is InChI=1S/C46H30N4O/c1-5-15-31(16-6-1)33-25-28-42-39(29-33)43-44(51-42)46(48-45(47-43)32-17-7-2-8-18-32)50-40-24-14-13-23-37(40)38-27-26-36(30-41(38)50)49(34-19-9-3-10-20-34)35-21-11-4-12-22-35/h1-30H. The summed E-state index contributed by atoms with van der Waals surface area (Å²) in [4.78, 5) is 12.8. The van der Waals surface area contributed by atoms with Crippen LogP contribution in [0.25, 0.3) is 72.2 Å². The van der Waals surface area contributed by atoms with Crippen molar-refractivity contribution in [3.05, 3.63) is 182 Å². The minimum absolute atomic E-state index is 0.642. The first-order valence-electron chi connectivity index (χ1n) is 17.1. The molecule has 0 aliphatic heterocycles. The summed E-state index contributed by atoms with van der Waals surface area (Å²) in [5.41, 5.74) is 10.6. The molecule has 0 aliphatic rings. The molecular weight excluding hydrogens is 625 g/mol. The van der Waals surface area contributed by atoms with Crippen LogP contribution in [0.2, 0.25) is 0 Å². The van der Waals surface area contributed by atoms with Gasteiger partial charge in [-0.1, -0.05) is 127 Å². The summed E-state index contributed by atoms with van der Waals surface area (Å²) >= 11 is 0. The number of hydrogen-bond donors (Lipinski definition) is 0. The van der Waals surface area contributed by atoms with Crippen LogP contribution in [0.15, 0.2) is 186 Å². The number of hydrogen-bond acceptors (Lipinski definition) is 4. The van der Waals surface area contributed by atoms with E-state index in [9.17, 15) is 0 Å². The summed E-state index contributed by atoms with van der Waals surface area (Å²) in [5, 5.41) is 3.22. The second-order valence-corrected chi connectivity index (χ2v) is 12.7. The van der Waals surface area contributed by atoms with Gasteiger partial charge in [0.25, 0.3) is 0 Å². The van der Waals surface area contributed by atoms with Crippen LogP contribution in [0.3, 0.4) is 0 Å². The van der Waals surface area contributed by atoms with E-state index in [0.29, 0.717) is 17.2 Å². The molecule has 0 spiro atoms. The third kappa shape index (κ3) is 4.86. The van der Waals surface area contributed by atoms with Gasteiger partial charge in [0, 0.05) is 38.8 Å². The van der Waals surface area contributed by atoms with Crippen LogP contribution in [0.5, 0.6) is 0 Å². The molecule has 0 amide bonds. The Morgan fingerprint density at radius 3 is 1.75 bits per heavy atom. The van der Waals surface area contributed by atoms with Gasteiger partial charge < -0.3 is 9.32 Å². The number of aromatic nitrogens is 3. The Bertz CT molecular complexity index is 2800. The van der Waals surface area contributed by atoms with Crippen molar-refractivity contribution in [2.45, 2.75) is 0 Å². The quantitative estimate of drug-likeness (QED) is 0.179. The maximum atomic E-state index is 6.75. The number of rotatable bonds is 6. The molecule has 0 saturated heterocycles. The molecule has 5 nitrogen and oxygen atoms in total. The van der Waals surface area contributed by atoms with Crippen molar-refractivity contribution in [1.29, 1.82) is 0 Å². The van der Waals surface area contributed by atoms with E-state index < -0.39 is 0 Å². The number of nitrogens with zero attached hydrogens (tertiary/aromatic N) is 4. The third-order valence-corrected chi connectivity index (χ3v) is 9.59. The predicted octanol–water partition coefficient (Wildman–Crippen LogP) is 12.3. The zero-order valence-electron chi connectivity index (χ0n) is 27.5. The van der Waals surface area contributed by atoms with E-state index in [1.54, 1.807) is 0 Å². The highest BCUT2D eigenvalue weighted by atomic mass is 16.3. The summed E-state index contributed by atoms with van der Waals surface area (Å²) in [6.07, 6.45) is 0. The first-order valence-corrected chi connectivity index (χ1v) is 17.1. The van der Waals surface area contributed by atoms with Gasteiger partial charge in [-0.05, 0) is 65.7 Å². The average Bonchev–Trinajstić information content (AvgIpc) is 3.74. The molecule has 10 aromatic rings. The van der Waals surface area contributed by atoms with Crippen molar-refractivity contribution in [2.75, 3.05) is 4.90 Å². The van der Waals surface area contributed by atoms with Gasteiger partial charge in [0.05, 0.1) is 11.0 Å². The smallest absolute Gasteiger partial charge is 0.197 e. The molecule has 0 aliphatic carbocycles. The first-order chi connectivity index (χ1) is 25.3. The SMILES string of the molecule is c1ccc(-c2ccc3oc4c(-n5c6ccccc6c6ccc(N(c7ccccc7)c7ccccc7)cc65)nc(-c5ccccc5)nc4c3c2)cc1. The maximum Gasteiger partial charge on any atom is 0.197 e. The van der Waals surface area contributed by atoms with Crippen LogP contribution in [0.1, 0.15) is 0 Å². The van der Waals surface area contributed by atoms with Crippen molar-refractivity contribution in [2.24, 2.45) is 0 Å². The van der Waals surface area contributed by atoms with Crippen molar-refractivity contribution < 1.29 is 4.42 Å². The van der Waals surface area contributed by atoms with E-state index in [1.165, 1.54) is 0 Å². The molecule has 5 heteroatoms. The molecule has 10 rings (SSSR count). The Hall–Kier alpha value is -6.98. The summed E-state index contributed by atoms with van der Waals surface area (Å²) in [6, 6.07) is 63.2. The van der Waals surface area contributed by atoms with E-state index in [1.807, 2.05) is 30.3 Å². The zero-order chi connectivity index (χ0) is 33.7. The Labute approximate surface area is 294 Å². The molecule has 240 valence electrons. The van der Waals surface area contributed by atoms with Crippen LogP contribution in [0.4, 0.5) is 17.1 Å². The van der Waals surface area contributed by atoms with Crippen molar-refractivity contribution >= 4 is 60.9 Å². The van der Waals surface area contributed by atoms with Crippen molar-refractivity contribution in [3.63, 3.8) is 0 Å². The number of anilines is 3. The van der Waals surface area contributed by atoms with E-state index >= 15 is 0 Å². The highest BCUT2D eigenvalue weighted by molar-refractivity contribution is 6.13. The summed E-state index contributed by atoms with van der Waals surface area (Å²) in [6.45, 7) is 0. The number of fused-ring (bicyclic) bond motifs is 6. The molecule has 3 heterocycles. The molecule has 51 heavy (non-hydrogen) atoms. The van der Waals surface area contributed by atoms with Crippen LogP contribution in [-0.4, -0.2) is 14.5 Å². The van der Waals surface area contributed by atoms with Gasteiger partial charge in [-0.2, -0.15) is 0 Å². The monoisotopic (exact) mass is 654 g/mol. The number of benzene rings is 7. The Balaban J connectivity index is 1.28. The third-order valence-electron chi connectivity index (χ3n) is 9.59. The second kappa shape index (κ2) is 11.9. The van der Waals surface area contributed by atoms with Crippen molar-refractivity contribution in [1.82, 2.24) is 14.5 Å². The van der Waals surface area contributed by atoms with Gasteiger partial charge >= 0.3 is 0 Å². The molecule has 0 fully saturated rings. The van der Waals surface area contributed by atoms with E-state index in [2.05, 4.69) is 161 Å². The minimum Gasteiger partial charge on any atom is -0.450 e. The van der Waals surface area contributed by atoms with Gasteiger partial charge in [-0.15, -0.1) is 0 Å². The molecule has 0 N–H and O–H groups in total. The fourth-order valence-electron chi connectivity index (χ4n) is 7.23. The average molecular weight is 655 g/mol. The fourth-order valence-corrected chi connectivity index (χ4v) is 7.23. The highest BCUT2D eigenvalue weighted by Gasteiger charge is 2.23. The molecule has 0 unspecified atom stereocenters. The molecule has 0 saturated carbocycles. The molecular formula is C46H30N4O. The van der Waals surface area contributed by atoms with E-state index in [0.717, 1.165) is 72.0 Å². The highest BCUT2D eigenvalue weighted by Crippen LogP contribution is 2.42. The van der Waals surface area contributed by atoms with E-state index in [4.69, 9.17) is 14.4 Å². The number of furan rings is 1. The Morgan fingerprint density at radius 2 is 1.04 bits per heavy atom. The van der Waals surface area contributed by atoms with Crippen LogP contribution >= 0.6 is 0 Å². The number of para-hydroxylation sites is 3. The van der Waals surface area contributed by atoms with E-state index in [-0.39, 0.29) is 0 Å². The lowest BCUT2D eigenvalue weighted by atomic mass is 10.0. The summed E-state index contributed by atoms with van der Waals surface area (Å²) < 4.78 is 9.00. The largest absolute Gasteiger partial charge is 0.450 e. The Kier molecular flexibility index (Phi) is 6.74. The van der Waals surface area contributed by atoms with Gasteiger partial charge in [0.1, 0.15) is 11.1 Å². The lowest BCUT2D eigenvalue weighted by molar-refractivity contribution is 0.662. The van der Waals surface area contributed by atoms with Gasteiger partial charge in [0.15, 0.2) is 17.2 Å². The van der Waals surface area contributed by atoms with Crippen molar-refractivity contribution in [3.8, 4) is 28.3 Å². The lowest BCUT2D eigenvalue weighted by Crippen LogP contribution is -2.10. The lowest BCUT2D eigenvalue weighted by Gasteiger charge is -2.25. The van der Waals surface area contributed by atoms with Crippen LogP contribution in [-0.2, 0) is 0 Å². The predicted molar refractivity (Wildman–Crippen MR) is 209 cm³/mol. The van der Waals surface area contributed by atoms with Crippen LogP contribution in [0, 0.1) is 0 Å². The maximum absolute atomic E-state index is 6.75. The molecule has 3 aromatic heterocycles. The molecule has 0 bridgehead atoms. The molecule has 0 atom stereocenters. The normalized spacial score (nSPS) is 11.5. The molecule has 7 aromatic carbocycles. The first kappa shape index (κ1) is 29.0. The van der Waals surface area contributed by atoms with Gasteiger partial charge in [0.2, 0.25) is 0 Å². The topological polar surface area (TPSA) is 47.1 Å². The minimum atomic E-state index is 0.642. The van der Waals surface area contributed by atoms with Gasteiger partial charge in [-0.25, -0.2) is 9.97 Å². The summed E-state index contributed by atoms with van der Waals surface area (Å²) in [7, 11) is 0. The summed E-state index contributed by atoms with van der Waals surface area (Å²) in [5.74, 6) is 1.34.